The van der Waals surface area contributed by atoms with Gasteiger partial charge in [0.15, 0.2) is 0 Å². The van der Waals surface area contributed by atoms with Gasteiger partial charge in [-0.1, -0.05) is 12.1 Å². The van der Waals surface area contributed by atoms with Gasteiger partial charge in [-0.25, -0.2) is 9.37 Å². The molecule has 0 unspecified atom stereocenters. The van der Waals surface area contributed by atoms with Gasteiger partial charge in [-0.05, 0) is 54.0 Å². The number of carbonyl (C=O) groups excluding carboxylic acids is 1. The third-order valence-corrected chi connectivity index (χ3v) is 5.81. The third kappa shape index (κ3) is 4.19. The van der Waals surface area contributed by atoms with Gasteiger partial charge < -0.3 is 10.1 Å². The molecule has 1 fully saturated rings. The first-order valence-electron chi connectivity index (χ1n) is 10.7. The lowest BCUT2D eigenvalue weighted by Crippen LogP contribution is -2.41. The molecule has 2 aliphatic heterocycles. The highest BCUT2D eigenvalue weighted by atomic mass is 19.1. The van der Waals surface area contributed by atoms with Crippen LogP contribution in [0, 0.1) is 5.82 Å². The topological polar surface area (TPSA) is 76.5 Å². The van der Waals surface area contributed by atoms with Crippen LogP contribution in [0.1, 0.15) is 17.8 Å². The van der Waals surface area contributed by atoms with Gasteiger partial charge in [0.05, 0.1) is 30.7 Å². The monoisotopic (exact) mass is 434 g/mol. The number of benzene rings is 2. The smallest absolute Gasteiger partial charge is 0.261 e. The Bertz CT molecular complexity index is 1260. The molecule has 7 nitrogen and oxygen atoms in total. The van der Waals surface area contributed by atoms with Crippen LogP contribution in [0.15, 0.2) is 47.3 Å². The van der Waals surface area contributed by atoms with E-state index in [0.29, 0.717) is 55.1 Å². The Morgan fingerprint density at radius 3 is 2.69 bits per heavy atom. The maximum Gasteiger partial charge on any atom is 0.261 e. The molecule has 1 aromatic heterocycles. The number of fused-ring (bicyclic) bond motifs is 2. The van der Waals surface area contributed by atoms with Gasteiger partial charge in [0.2, 0.25) is 5.91 Å². The molecule has 0 radical (unpaired) electrons. The molecule has 1 amide bonds. The van der Waals surface area contributed by atoms with Crippen LogP contribution in [-0.2, 0) is 16.1 Å². The second-order valence-corrected chi connectivity index (χ2v) is 8.03. The Kier molecular flexibility index (Phi) is 5.55. The number of amides is 1. The molecule has 0 spiro atoms. The van der Waals surface area contributed by atoms with E-state index in [-0.39, 0.29) is 17.3 Å². The molecule has 164 valence electrons. The van der Waals surface area contributed by atoms with Crippen LogP contribution in [0.25, 0.3) is 22.6 Å². The highest BCUT2D eigenvalue weighted by Gasteiger charge is 2.21. The third-order valence-electron chi connectivity index (χ3n) is 5.81. The number of carbonyl (C=O) groups is 1. The van der Waals surface area contributed by atoms with E-state index in [1.807, 2.05) is 11.0 Å². The van der Waals surface area contributed by atoms with Crippen LogP contribution in [0.5, 0.6) is 0 Å². The molecule has 2 aliphatic rings. The summed E-state index contributed by atoms with van der Waals surface area (Å²) >= 11 is 0. The van der Waals surface area contributed by atoms with Gasteiger partial charge in [0, 0.05) is 25.3 Å². The number of aromatic nitrogens is 2. The number of nitrogens with zero attached hydrogens (tertiary/aromatic N) is 3. The quantitative estimate of drug-likeness (QED) is 0.684. The van der Waals surface area contributed by atoms with E-state index in [1.165, 1.54) is 12.1 Å². The number of rotatable bonds is 4. The zero-order valence-electron chi connectivity index (χ0n) is 17.5. The van der Waals surface area contributed by atoms with Crippen LogP contribution in [0.4, 0.5) is 10.1 Å². The van der Waals surface area contributed by atoms with E-state index < -0.39 is 0 Å². The van der Waals surface area contributed by atoms with Crippen molar-refractivity contribution in [2.45, 2.75) is 13.0 Å². The summed E-state index contributed by atoms with van der Waals surface area (Å²) in [7, 11) is 0. The first kappa shape index (κ1) is 20.5. The van der Waals surface area contributed by atoms with E-state index >= 15 is 0 Å². The fourth-order valence-electron chi connectivity index (χ4n) is 4.16. The number of allylic oxidation sites excluding steroid dienone is 1. The number of ether oxygens (including phenoxy) is 1. The number of anilines is 1. The second kappa shape index (κ2) is 8.64. The van der Waals surface area contributed by atoms with E-state index in [2.05, 4.69) is 5.32 Å². The van der Waals surface area contributed by atoms with Crippen LogP contribution in [-0.4, -0.2) is 53.2 Å². The second-order valence-electron chi connectivity index (χ2n) is 8.03. The summed E-state index contributed by atoms with van der Waals surface area (Å²) in [6.07, 6.45) is 2.61. The van der Waals surface area contributed by atoms with Crippen molar-refractivity contribution in [3.8, 4) is 0 Å². The van der Waals surface area contributed by atoms with Crippen LogP contribution in [0.3, 0.4) is 0 Å². The minimum absolute atomic E-state index is 0.0984. The lowest BCUT2D eigenvalue weighted by atomic mass is 10.1. The Morgan fingerprint density at radius 2 is 1.91 bits per heavy atom. The molecule has 3 heterocycles. The largest absolute Gasteiger partial charge is 0.379 e. The molecular formula is C24H23FN4O3. The van der Waals surface area contributed by atoms with Crippen LogP contribution in [0.2, 0.25) is 0 Å². The summed E-state index contributed by atoms with van der Waals surface area (Å²) in [6.45, 7) is 3.60. The highest BCUT2D eigenvalue weighted by molar-refractivity contribution is 5.95. The number of hydrogen-bond donors (Lipinski definition) is 1. The van der Waals surface area contributed by atoms with E-state index in [1.54, 1.807) is 34.9 Å². The fourth-order valence-corrected chi connectivity index (χ4v) is 4.16. The van der Waals surface area contributed by atoms with Gasteiger partial charge >= 0.3 is 0 Å². The molecular weight excluding hydrogens is 411 g/mol. The summed E-state index contributed by atoms with van der Waals surface area (Å²) in [4.78, 5) is 32.2. The molecule has 32 heavy (non-hydrogen) atoms. The first-order valence-corrected chi connectivity index (χ1v) is 10.7. The van der Waals surface area contributed by atoms with Crippen molar-refractivity contribution in [2.24, 2.45) is 0 Å². The standard InChI is InChI=1S/C24H23FN4O3/c25-18-3-1-16(2-4-18)13-17-7-8-29-23(17)27-21-14-19(5-6-20(21)24(29)31)26-22(30)15-28-9-11-32-12-10-28/h1-6,13-14H,7-12,15H2,(H,26,30). The zero-order chi connectivity index (χ0) is 22.1. The zero-order valence-corrected chi connectivity index (χ0v) is 17.5. The van der Waals surface area contributed by atoms with Crippen LogP contribution >= 0.6 is 0 Å². The average Bonchev–Trinajstić information content (AvgIpc) is 3.18. The SMILES string of the molecule is O=C(CN1CCOCC1)Nc1ccc2c(=O)n3c(nc2c1)C(=Cc1ccc(F)cc1)CC3. The van der Waals surface area contributed by atoms with Crippen molar-refractivity contribution in [1.82, 2.24) is 14.5 Å². The van der Waals surface area contributed by atoms with Gasteiger partial charge in [-0.3, -0.25) is 19.1 Å². The van der Waals surface area contributed by atoms with Gasteiger partial charge in [0.1, 0.15) is 11.6 Å². The molecule has 1 N–H and O–H groups in total. The Hall–Kier alpha value is -3.36. The van der Waals surface area contributed by atoms with Gasteiger partial charge in [-0.2, -0.15) is 0 Å². The summed E-state index contributed by atoms with van der Waals surface area (Å²) in [6, 6.07) is 11.4. The minimum Gasteiger partial charge on any atom is -0.379 e. The molecule has 1 saturated heterocycles. The summed E-state index contributed by atoms with van der Waals surface area (Å²) in [5, 5.41) is 3.42. The highest BCUT2D eigenvalue weighted by Crippen LogP contribution is 2.28. The van der Waals surface area contributed by atoms with Gasteiger partial charge in [0.25, 0.3) is 5.56 Å². The molecule has 0 atom stereocenters. The molecule has 0 aliphatic carbocycles. The van der Waals surface area contributed by atoms with Crippen molar-refractivity contribution >= 4 is 34.1 Å². The maximum absolute atomic E-state index is 13.2. The minimum atomic E-state index is -0.289. The molecule has 0 saturated carbocycles. The maximum atomic E-state index is 13.2. The van der Waals surface area contributed by atoms with E-state index in [9.17, 15) is 14.0 Å². The lowest BCUT2D eigenvalue weighted by molar-refractivity contribution is -0.118. The van der Waals surface area contributed by atoms with Crippen LogP contribution < -0.4 is 10.9 Å². The predicted molar refractivity (Wildman–Crippen MR) is 121 cm³/mol. The van der Waals surface area contributed by atoms with E-state index in [0.717, 1.165) is 24.2 Å². The normalized spacial score (nSPS) is 17.6. The number of morpholine rings is 1. The predicted octanol–water partition coefficient (Wildman–Crippen LogP) is 2.75. The van der Waals surface area contributed by atoms with Crippen molar-refractivity contribution < 1.29 is 13.9 Å². The Morgan fingerprint density at radius 1 is 1.12 bits per heavy atom. The van der Waals surface area contributed by atoms with Crippen molar-refractivity contribution in [1.29, 1.82) is 0 Å². The first-order chi connectivity index (χ1) is 15.6. The Balaban J connectivity index is 1.42. The number of hydrogen-bond acceptors (Lipinski definition) is 5. The number of nitrogens with one attached hydrogen (secondary N) is 1. The summed E-state index contributed by atoms with van der Waals surface area (Å²) < 4.78 is 20.2. The summed E-state index contributed by atoms with van der Waals surface area (Å²) in [5.41, 5.74) is 2.83. The van der Waals surface area contributed by atoms with Gasteiger partial charge in [-0.15, -0.1) is 0 Å². The van der Waals surface area contributed by atoms with Crippen molar-refractivity contribution in [2.75, 3.05) is 38.2 Å². The fraction of sp³-hybridized carbons (Fsp3) is 0.292. The molecule has 2 aromatic carbocycles. The molecule has 0 bridgehead atoms. The van der Waals surface area contributed by atoms with Crippen molar-refractivity contribution in [3.63, 3.8) is 0 Å². The molecule has 8 heteroatoms. The lowest BCUT2D eigenvalue weighted by Gasteiger charge is -2.25. The average molecular weight is 434 g/mol. The molecule has 5 rings (SSSR count). The number of halogens is 1. The Labute approximate surface area is 184 Å². The van der Waals surface area contributed by atoms with Crippen molar-refractivity contribution in [3.05, 3.63) is 70.0 Å². The van der Waals surface area contributed by atoms with E-state index in [4.69, 9.17) is 9.72 Å². The molecule has 3 aromatic rings. The summed E-state index contributed by atoms with van der Waals surface area (Å²) in [5.74, 6) is 0.215.